The molecular weight excluding hydrogens is 441 g/mol. The van der Waals surface area contributed by atoms with Gasteiger partial charge in [0, 0.05) is 25.7 Å². The van der Waals surface area contributed by atoms with Crippen LogP contribution in [0, 0.1) is 5.82 Å². The van der Waals surface area contributed by atoms with Crippen molar-refractivity contribution in [2.45, 2.75) is 20.0 Å². The molecule has 0 aromatic heterocycles. The molecule has 0 radical (unpaired) electrons. The average Bonchev–Trinajstić information content (AvgIpc) is 3.22. The summed E-state index contributed by atoms with van der Waals surface area (Å²) in [5, 5.41) is 16.1. The van der Waals surface area contributed by atoms with Gasteiger partial charge in [0.1, 0.15) is 23.0 Å². The number of hydrogen-bond donors (Lipinski definition) is 4. The summed E-state index contributed by atoms with van der Waals surface area (Å²) in [6.45, 7) is 2.68. The van der Waals surface area contributed by atoms with Gasteiger partial charge in [-0.2, -0.15) is 0 Å². The lowest BCUT2D eigenvalue weighted by atomic mass is 10.1. The van der Waals surface area contributed by atoms with Crippen LogP contribution in [0.3, 0.4) is 0 Å². The predicted molar refractivity (Wildman–Crippen MR) is 122 cm³/mol. The zero-order valence-corrected chi connectivity index (χ0v) is 18.3. The second-order valence-electron chi connectivity index (χ2n) is 7.79. The lowest BCUT2D eigenvalue weighted by Crippen LogP contribution is -2.42. The van der Waals surface area contributed by atoms with Crippen molar-refractivity contribution in [1.29, 1.82) is 0 Å². The number of nitrogens with one attached hydrogen (secondary N) is 3. The highest BCUT2D eigenvalue weighted by Gasteiger charge is 2.32. The summed E-state index contributed by atoms with van der Waals surface area (Å²) in [5.41, 5.74) is 5.82. The Hall–Kier alpha value is -4.31. The smallest absolute Gasteiger partial charge is 0.335 e. The van der Waals surface area contributed by atoms with Gasteiger partial charge in [-0.1, -0.05) is 24.3 Å². The molecule has 0 saturated heterocycles. The SMILES string of the molecule is CC1=C2N=C(C(=O)NCc3ccc(F)cc3)C=C(C(=O)NCc3ccc(C(=O)O)cc3)N2NC1. The molecule has 2 amide bonds. The molecule has 2 aliphatic heterocycles. The highest BCUT2D eigenvalue weighted by molar-refractivity contribution is 6.44. The molecule has 0 spiro atoms. The third-order valence-electron chi connectivity index (χ3n) is 5.32. The predicted octanol–water partition coefficient (Wildman–Crippen LogP) is 1.85. The van der Waals surface area contributed by atoms with Crippen LogP contribution in [-0.2, 0) is 22.7 Å². The maximum Gasteiger partial charge on any atom is 0.335 e. The molecule has 4 N–H and O–H groups in total. The quantitative estimate of drug-likeness (QED) is 0.497. The molecule has 174 valence electrons. The highest BCUT2D eigenvalue weighted by atomic mass is 19.1. The van der Waals surface area contributed by atoms with Crippen molar-refractivity contribution in [3.05, 3.63) is 94.2 Å². The Labute approximate surface area is 194 Å². The lowest BCUT2D eigenvalue weighted by Gasteiger charge is -2.26. The van der Waals surface area contributed by atoms with Crippen LogP contribution >= 0.6 is 0 Å². The molecule has 34 heavy (non-hydrogen) atoms. The molecule has 2 aromatic carbocycles. The van der Waals surface area contributed by atoms with Crippen molar-refractivity contribution in [2.75, 3.05) is 6.54 Å². The van der Waals surface area contributed by atoms with E-state index in [2.05, 4.69) is 21.1 Å². The minimum Gasteiger partial charge on any atom is -0.478 e. The zero-order chi connectivity index (χ0) is 24.2. The summed E-state index contributed by atoms with van der Waals surface area (Å²) in [6.07, 6.45) is 1.40. The van der Waals surface area contributed by atoms with Gasteiger partial charge >= 0.3 is 5.97 Å². The lowest BCUT2D eigenvalue weighted by molar-refractivity contribution is -0.119. The molecule has 0 fully saturated rings. The number of nitrogens with zero attached hydrogens (tertiary/aromatic N) is 2. The first-order valence-electron chi connectivity index (χ1n) is 10.5. The van der Waals surface area contributed by atoms with Crippen LogP contribution in [0.2, 0.25) is 0 Å². The molecule has 2 heterocycles. The van der Waals surface area contributed by atoms with Crippen LogP contribution in [0.15, 0.2) is 76.7 Å². The Bertz CT molecular complexity index is 1230. The number of hydrogen-bond acceptors (Lipinski definition) is 6. The molecule has 0 aliphatic carbocycles. The van der Waals surface area contributed by atoms with Gasteiger partial charge in [0.25, 0.3) is 11.8 Å². The van der Waals surface area contributed by atoms with Gasteiger partial charge in [-0.05, 0) is 47.9 Å². The number of fused-ring (bicyclic) bond motifs is 1. The molecule has 2 aliphatic rings. The van der Waals surface area contributed by atoms with E-state index in [1.54, 1.807) is 24.3 Å². The number of carboxylic acid groups (broad SMARTS) is 1. The van der Waals surface area contributed by atoms with Crippen LogP contribution in [0.25, 0.3) is 0 Å². The Balaban J connectivity index is 1.47. The third kappa shape index (κ3) is 5.02. The molecule has 0 atom stereocenters. The normalized spacial score (nSPS) is 14.8. The second kappa shape index (κ2) is 9.67. The molecule has 10 heteroatoms. The van der Waals surface area contributed by atoms with Crippen molar-refractivity contribution in [2.24, 2.45) is 4.99 Å². The van der Waals surface area contributed by atoms with E-state index in [1.807, 2.05) is 6.92 Å². The summed E-state index contributed by atoms with van der Waals surface area (Å²) in [6, 6.07) is 12.0. The van der Waals surface area contributed by atoms with E-state index in [0.717, 1.165) is 16.7 Å². The Morgan fingerprint density at radius 2 is 1.59 bits per heavy atom. The van der Waals surface area contributed by atoms with Gasteiger partial charge in [-0.25, -0.2) is 19.6 Å². The fourth-order valence-corrected chi connectivity index (χ4v) is 3.42. The summed E-state index contributed by atoms with van der Waals surface area (Å²) in [5.74, 6) is -1.81. The molecule has 9 nitrogen and oxygen atoms in total. The number of aromatic carboxylic acids is 1. The molecule has 2 aromatic rings. The van der Waals surface area contributed by atoms with Gasteiger partial charge in [-0.3, -0.25) is 14.6 Å². The number of rotatable bonds is 7. The monoisotopic (exact) mass is 463 g/mol. The van der Waals surface area contributed by atoms with Crippen LogP contribution in [0.5, 0.6) is 0 Å². The summed E-state index contributed by atoms with van der Waals surface area (Å²) in [7, 11) is 0. The van der Waals surface area contributed by atoms with Gasteiger partial charge < -0.3 is 15.7 Å². The highest BCUT2D eigenvalue weighted by Crippen LogP contribution is 2.25. The largest absolute Gasteiger partial charge is 0.478 e. The first kappa shape index (κ1) is 22.9. The van der Waals surface area contributed by atoms with Crippen molar-refractivity contribution in [1.82, 2.24) is 21.1 Å². The first-order valence-corrected chi connectivity index (χ1v) is 10.5. The minimum absolute atomic E-state index is 0.0763. The third-order valence-corrected chi connectivity index (χ3v) is 5.32. The van der Waals surface area contributed by atoms with Crippen molar-refractivity contribution >= 4 is 23.5 Å². The van der Waals surface area contributed by atoms with E-state index < -0.39 is 17.8 Å². The van der Waals surface area contributed by atoms with Crippen LogP contribution < -0.4 is 16.1 Å². The number of aliphatic imine (C=N–C) groups is 1. The number of amides is 2. The minimum atomic E-state index is -1.03. The second-order valence-corrected chi connectivity index (χ2v) is 7.79. The van der Waals surface area contributed by atoms with Gasteiger partial charge in [0.15, 0.2) is 0 Å². The fourth-order valence-electron chi connectivity index (χ4n) is 3.42. The summed E-state index contributed by atoms with van der Waals surface area (Å²) >= 11 is 0. The Kier molecular flexibility index (Phi) is 6.51. The zero-order valence-electron chi connectivity index (χ0n) is 18.3. The van der Waals surface area contributed by atoms with Crippen LogP contribution in [0.4, 0.5) is 4.39 Å². The number of carbonyl (C=O) groups is 3. The van der Waals surface area contributed by atoms with E-state index >= 15 is 0 Å². The molecular formula is C24H22FN5O4. The fraction of sp³-hybridized carbons (Fsp3) is 0.167. The van der Waals surface area contributed by atoms with Crippen LogP contribution in [-0.4, -0.2) is 40.2 Å². The average molecular weight is 463 g/mol. The van der Waals surface area contributed by atoms with E-state index in [4.69, 9.17) is 5.11 Å². The maximum absolute atomic E-state index is 13.1. The molecule has 0 saturated carbocycles. The van der Waals surface area contributed by atoms with E-state index in [9.17, 15) is 18.8 Å². The molecule has 4 rings (SSSR count). The number of hydrazine groups is 1. The standard InChI is InChI=1S/C24H22FN5O4/c1-14-11-28-30-20(23(32)27-13-15-2-6-17(7-3-15)24(33)34)10-19(29-21(14)30)22(31)26-12-16-4-8-18(25)9-5-16/h2-10,28H,11-13H2,1H3,(H,26,31)(H,27,32)(H,33,34). The number of benzene rings is 2. The van der Waals surface area contributed by atoms with Crippen molar-refractivity contribution in [3.8, 4) is 0 Å². The van der Waals surface area contributed by atoms with Crippen molar-refractivity contribution in [3.63, 3.8) is 0 Å². The topological polar surface area (TPSA) is 123 Å². The maximum atomic E-state index is 13.1. The van der Waals surface area contributed by atoms with Gasteiger partial charge in [-0.15, -0.1) is 0 Å². The van der Waals surface area contributed by atoms with E-state index in [1.165, 1.54) is 35.4 Å². The number of carboxylic acids is 1. The van der Waals surface area contributed by atoms with Gasteiger partial charge in [0.2, 0.25) is 0 Å². The molecule has 0 bridgehead atoms. The van der Waals surface area contributed by atoms with Gasteiger partial charge in [0.05, 0.1) is 5.56 Å². The number of halogens is 1. The number of carbonyl (C=O) groups excluding carboxylic acids is 2. The molecule has 0 unspecified atom stereocenters. The summed E-state index contributed by atoms with van der Waals surface area (Å²) in [4.78, 5) is 41.1. The Morgan fingerprint density at radius 1 is 1.00 bits per heavy atom. The summed E-state index contributed by atoms with van der Waals surface area (Å²) < 4.78 is 13.1. The van der Waals surface area contributed by atoms with Crippen LogP contribution in [0.1, 0.15) is 28.4 Å². The van der Waals surface area contributed by atoms with E-state index in [-0.39, 0.29) is 35.9 Å². The first-order chi connectivity index (χ1) is 16.3. The van der Waals surface area contributed by atoms with E-state index in [0.29, 0.717) is 12.4 Å². The van der Waals surface area contributed by atoms with Crippen molar-refractivity contribution < 1.29 is 23.9 Å². The Morgan fingerprint density at radius 3 is 2.21 bits per heavy atom.